The van der Waals surface area contributed by atoms with Gasteiger partial charge < -0.3 is 0 Å². The summed E-state index contributed by atoms with van der Waals surface area (Å²) in [6, 6.07) is 13.0. The number of rotatable bonds is 6. The Morgan fingerprint density at radius 3 is 3.00 bits per heavy atom. The Balaban J connectivity index is 1.50. The van der Waals surface area contributed by atoms with Crippen molar-refractivity contribution in [1.29, 1.82) is 0 Å². The predicted molar refractivity (Wildman–Crippen MR) is 88.5 cm³/mol. The van der Waals surface area contributed by atoms with E-state index in [2.05, 4.69) is 48.8 Å². The lowest BCUT2D eigenvalue weighted by molar-refractivity contribution is -0.188. The van der Waals surface area contributed by atoms with Crippen molar-refractivity contribution in [3.05, 3.63) is 57.8 Å². The highest BCUT2D eigenvalue weighted by Crippen LogP contribution is 2.32. The van der Waals surface area contributed by atoms with Crippen LogP contribution < -0.4 is 0 Å². The third-order valence-electron chi connectivity index (χ3n) is 4.10. The Morgan fingerprint density at radius 2 is 2.14 bits per heavy atom. The molecule has 1 unspecified atom stereocenters. The number of fused-ring (bicyclic) bond motifs is 1. The Bertz CT molecular complexity index is 552. The zero-order valence-corrected chi connectivity index (χ0v) is 13.4. The van der Waals surface area contributed by atoms with Gasteiger partial charge in [0.1, 0.15) is 6.10 Å². The second-order valence-corrected chi connectivity index (χ2v) is 6.75. The van der Waals surface area contributed by atoms with Gasteiger partial charge in [-0.15, -0.1) is 11.3 Å². The Labute approximate surface area is 131 Å². The smallest absolute Gasteiger partial charge is 0.105 e. The molecule has 112 valence electrons. The highest BCUT2D eigenvalue weighted by Gasteiger charge is 2.21. The van der Waals surface area contributed by atoms with Crippen LogP contribution in [-0.2, 0) is 17.7 Å². The fraction of sp³-hybridized carbons (Fsp3) is 0.444. The van der Waals surface area contributed by atoms with E-state index < -0.39 is 0 Å². The van der Waals surface area contributed by atoms with Gasteiger partial charge in [-0.2, -0.15) is 5.06 Å². The first-order chi connectivity index (χ1) is 10.3. The van der Waals surface area contributed by atoms with Gasteiger partial charge in [0.05, 0.1) is 0 Å². The maximum Gasteiger partial charge on any atom is 0.105 e. The second kappa shape index (κ2) is 7.21. The first-order valence-electron chi connectivity index (χ1n) is 7.81. The molecule has 0 saturated heterocycles. The molecule has 1 heterocycles. The molecule has 0 bridgehead atoms. The van der Waals surface area contributed by atoms with Crippen molar-refractivity contribution in [2.24, 2.45) is 0 Å². The van der Waals surface area contributed by atoms with Gasteiger partial charge in [-0.1, -0.05) is 30.3 Å². The number of aryl methyl sites for hydroxylation is 2. The monoisotopic (exact) mass is 301 g/mol. The Kier molecular flexibility index (Phi) is 5.07. The number of thiophene rings is 1. The summed E-state index contributed by atoms with van der Waals surface area (Å²) < 4.78 is 0. The van der Waals surface area contributed by atoms with Gasteiger partial charge in [-0.3, -0.25) is 4.84 Å². The molecule has 0 spiro atoms. The molecule has 0 N–H and O–H groups in total. The van der Waals surface area contributed by atoms with E-state index in [0.717, 1.165) is 25.8 Å². The minimum absolute atomic E-state index is 0.238. The lowest BCUT2D eigenvalue weighted by atomic mass is 9.90. The minimum Gasteiger partial charge on any atom is -0.291 e. The molecule has 3 rings (SSSR count). The van der Waals surface area contributed by atoms with E-state index in [4.69, 9.17) is 4.84 Å². The third kappa shape index (κ3) is 3.94. The van der Waals surface area contributed by atoms with Gasteiger partial charge in [0.15, 0.2) is 0 Å². The minimum atomic E-state index is 0.238. The molecular formula is C18H23NOS. The lowest BCUT2D eigenvalue weighted by Gasteiger charge is -2.29. The zero-order valence-electron chi connectivity index (χ0n) is 12.6. The SMILES string of the molecule is CN(CCCc1cccs1)OC1CCCc2ccccc21. The van der Waals surface area contributed by atoms with Crippen molar-refractivity contribution in [3.8, 4) is 0 Å². The molecule has 0 radical (unpaired) electrons. The highest BCUT2D eigenvalue weighted by atomic mass is 32.1. The van der Waals surface area contributed by atoms with E-state index in [1.165, 1.54) is 28.8 Å². The van der Waals surface area contributed by atoms with Crippen LogP contribution in [0, 0.1) is 0 Å². The van der Waals surface area contributed by atoms with E-state index in [9.17, 15) is 0 Å². The van der Waals surface area contributed by atoms with Crippen LogP contribution in [-0.4, -0.2) is 18.7 Å². The summed E-state index contributed by atoms with van der Waals surface area (Å²) in [6.07, 6.45) is 6.08. The van der Waals surface area contributed by atoms with Crippen molar-refractivity contribution in [3.63, 3.8) is 0 Å². The van der Waals surface area contributed by atoms with E-state index in [-0.39, 0.29) is 6.10 Å². The Hall–Kier alpha value is -1.16. The van der Waals surface area contributed by atoms with Crippen LogP contribution in [0.4, 0.5) is 0 Å². The number of nitrogens with zero attached hydrogens (tertiary/aromatic N) is 1. The lowest BCUT2D eigenvalue weighted by Crippen LogP contribution is -2.25. The highest BCUT2D eigenvalue weighted by molar-refractivity contribution is 7.09. The van der Waals surface area contributed by atoms with Gasteiger partial charge >= 0.3 is 0 Å². The molecule has 1 aromatic heterocycles. The topological polar surface area (TPSA) is 12.5 Å². The molecule has 0 aliphatic heterocycles. The standard InChI is InChI=1S/C18H23NOS/c1-19(13-5-9-16-10-6-14-21-16)20-18-12-4-8-15-7-2-3-11-17(15)18/h2-3,6-7,10-11,14,18H,4-5,8-9,12-13H2,1H3. The molecular weight excluding hydrogens is 278 g/mol. The summed E-state index contributed by atoms with van der Waals surface area (Å²) in [5.41, 5.74) is 2.84. The summed E-state index contributed by atoms with van der Waals surface area (Å²) in [5.74, 6) is 0. The van der Waals surface area contributed by atoms with E-state index in [1.807, 2.05) is 16.4 Å². The van der Waals surface area contributed by atoms with Gasteiger partial charge in [-0.05, 0) is 54.7 Å². The first kappa shape index (κ1) is 14.8. The van der Waals surface area contributed by atoms with Gasteiger partial charge in [-0.25, -0.2) is 0 Å². The molecule has 2 nitrogen and oxygen atoms in total. The fourth-order valence-electron chi connectivity index (χ4n) is 3.02. The van der Waals surface area contributed by atoms with Crippen LogP contribution in [0.3, 0.4) is 0 Å². The van der Waals surface area contributed by atoms with Gasteiger partial charge in [0.25, 0.3) is 0 Å². The summed E-state index contributed by atoms with van der Waals surface area (Å²) in [6.45, 7) is 0.983. The average Bonchev–Trinajstić information content (AvgIpc) is 3.01. The van der Waals surface area contributed by atoms with Crippen LogP contribution in [0.25, 0.3) is 0 Å². The molecule has 0 fully saturated rings. The quantitative estimate of drug-likeness (QED) is 0.722. The fourth-order valence-corrected chi connectivity index (χ4v) is 3.77. The predicted octanol–water partition coefficient (Wildman–Crippen LogP) is 4.62. The van der Waals surface area contributed by atoms with Crippen LogP contribution in [0.2, 0.25) is 0 Å². The number of benzene rings is 1. The van der Waals surface area contributed by atoms with E-state index in [0.29, 0.717) is 0 Å². The van der Waals surface area contributed by atoms with Crippen molar-refractivity contribution < 1.29 is 4.84 Å². The van der Waals surface area contributed by atoms with Crippen LogP contribution in [0.1, 0.15) is 41.4 Å². The molecule has 21 heavy (non-hydrogen) atoms. The molecule has 1 aliphatic rings. The largest absolute Gasteiger partial charge is 0.291 e. The van der Waals surface area contributed by atoms with Crippen LogP contribution in [0.5, 0.6) is 0 Å². The molecule has 1 aromatic carbocycles. The number of hydrogen-bond acceptors (Lipinski definition) is 3. The molecule has 1 atom stereocenters. The summed E-state index contributed by atoms with van der Waals surface area (Å²) >= 11 is 1.84. The van der Waals surface area contributed by atoms with Crippen LogP contribution >= 0.6 is 11.3 Å². The maximum absolute atomic E-state index is 6.17. The Morgan fingerprint density at radius 1 is 1.24 bits per heavy atom. The zero-order chi connectivity index (χ0) is 14.5. The summed E-state index contributed by atoms with van der Waals surface area (Å²) in [5, 5.41) is 4.18. The van der Waals surface area contributed by atoms with Crippen molar-refractivity contribution in [2.45, 2.75) is 38.2 Å². The van der Waals surface area contributed by atoms with Gasteiger partial charge in [0.2, 0.25) is 0 Å². The molecule has 0 amide bonds. The maximum atomic E-state index is 6.17. The van der Waals surface area contributed by atoms with Crippen molar-refractivity contribution in [1.82, 2.24) is 5.06 Å². The molecule has 1 aliphatic carbocycles. The first-order valence-corrected chi connectivity index (χ1v) is 8.69. The van der Waals surface area contributed by atoms with Gasteiger partial charge in [0, 0.05) is 18.5 Å². The summed E-state index contributed by atoms with van der Waals surface area (Å²) in [4.78, 5) is 7.64. The normalized spacial score (nSPS) is 17.9. The third-order valence-corrected chi connectivity index (χ3v) is 5.03. The molecule has 2 aromatic rings. The van der Waals surface area contributed by atoms with E-state index in [1.54, 1.807) is 0 Å². The van der Waals surface area contributed by atoms with Crippen LogP contribution in [0.15, 0.2) is 41.8 Å². The van der Waals surface area contributed by atoms with E-state index >= 15 is 0 Å². The van der Waals surface area contributed by atoms with Crippen molar-refractivity contribution in [2.75, 3.05) is 13.6 Å². The average molecular weight is 301 g/mol. The molecule has 3 heteroatoms. The molecule has 0 saturated carbocycles. The number of hydroxylamine groups is 2. The second-order valence-electron chi connectivity index (χ2n) is 5.72. The van der Waals surface area contributed by atoms with Crippen molar-refractivity contribution >= 4 is 11.3 Å². The summed E-state index contributed by atoms with van der Waals surface area (Å²) in [7, 11) is 2.06. The number of hydrogen-bond donors (Lipinski definition) is 0.